The summed E-state index contributed by atoms with van der Waals surface area (Å²) in [6, 6.07) is 12.5. The highest BCUT2D eigenvalue weighted by Crippen LogP contribution is 2.20. The van der Waals surface area contributed by atoms with Crippen molar-refractivity contribution in [1.82, 2.24) is 19.4 Å². The maximum absolute atomic E-state index is 12.5. The number of likely N-dealkylation sites (tertiary alicyclic amines) is 1. The number of hydrogen-bond acceptors (Lipinski definition) is 6. The second-order valence-corrected chi connectivity index (χ2v) is 6.52. The number of benzene rings is 1. The summed E-state index contributed by atoms with van der Waals surface area (Å²) in [6.07, 6.45) is 3.06. The summed E-state index contributed by atoms with van der Waals surface area (Å²) in [4.78, 5) is 34.8. The van der Waals surface area contributed by atoms with Crippen molar-refractivity contribution >= 4 is 16.8 Å². The summed E-state index contributed by atoms with van der Waals surface area (Å²) in [6.45, 7) is 1.15. The summed E-state index contributed by atoms with van der Waals surface area (Å²) < 4.78 is 7.15. The van der Waals surface area contributed by atoms with Gasteiger partial charge in [-0.25, -0.2) is 9.97 Å². The number of nitriles is 1. The van der Waals surface area contributed by atoms with Gasteiger partial charge in [-0.3, -0.25) is 14.2 Å². The van der Waals surface area contributed by atoms with Crippen LogP contribution in [0.5, 0.6) is 5.88 Å². The van der Waals surface area contributed by atoms with Crippen molar-refractivity contribution in [2.75, 3.05) is 13.1 Å². The third kappa shape index (κ3) is 3.42. The molecule has 0 bridgehead atoms. The Kier molecular flexibility index (Phi) is 4.72. The minimum atomic E-state index is -0.184. The number of fused-ring (bicyclic) bond motifs is 1. The van der Waals surface area contributed by atoms with Crippen LogP contribution in [0.3, 0.4) is 0 Å². The first-order chi connectivity index (χ1) is 13.7. The maximum Gasteiger partial charge on any atom is 0.261 e. The summed E-state index contributed by atoms with van der Waals surface area (Å²) in [5.41, 5.74) is 0.863. The van der Waals surface area contributed by atoms with Gasteiger partial charge < -0.3 is 9.64 Å². The van der Waals surface area contributed by atoms with E-state index in [-0.39, 0.29) is 36.4 Å². The predicted octanol–water partition coefficient (Wildman–Crippen LogP) is 1.34. The molecule has 0 atom stereocenters. The average Bonchev–Trinajstić information content (AvgIpc) is 2.70. The fourth-order valence-corrected chi connectivity index (χ4v) is 3.08. The molecular weight excluding hydrogens is 358 g/mol. The molecule has 2 aromatic heterocycles. The van der Waals surface area contributed by atoms with E-state index in [4.69, 9.17) is 10.00 Å². The van der Waals surface area contributed by atoms with Gasteiger partial charge in [0.25, 0.3) is 5.56 Å². The normalized spacial score (nSPS) is 13.8. The quantitative estimate of drug-likeness (QED) is 0.667. The second kappa shape index (κ2) is 7.48. The molecule has 3 aromatic rings. The highest BCUT2D eigenvalue weighted by atomic mass is 16.5. The zero-order valence-corrected chi connectivity index (χ0v) is 15.0. The second-order valence-electron chi connectivity index (χ2n) is 6.52. The number of amides is 1. The minimum Gasteiger partial charge on any atom is -0.470 e. The summed E-state index contributed by atoms with van der Waals surface area (Å²) in [5, 5.41) is 9.60. The Morgan fingerprint density at radius 2 is 2.04 bits per heavy atom. The van der Waals surface area contributed by atoms with Crippen LogP contribution in [0.2, 0.25) is 0 Å². The standard InChI is InChI=1S/C20H17N5O3/c21-10-14-4-3-8-22-19(14)28-15-11-25(12-15)18(26)7-9-24-13-23-17-6-2-1-5-16(17)20(24)27/h1-6,8,13,15H,7,9,11-12H2. The Balaban J connectivity index is 1.32. The molecule has 1 aliphatic rings. The molecule has 0 radical (unpaired) electrons. The highest BCUT2D eigenvalue weighted by molar-refractivity contribution is 5.78. The first-order valence-corrected chi connectivity index (χ1v) is 8.89. The molecule has 1 amide bonds. The lowest BCUT2D eigenvalue weighted by atomic mass is 10.1. The Labute approximate surface area is 160 Å². The molecule has 1 fully saturated rings. The SMILES string of the molecule is N#Cc1cccnc1OC1CN(C(=O)CCn2cnc3ccccc3c2=O)C1. The Morgan fingerprint density at radius 1 is 1.21 bits per heavy atom. The number of ether oxygens (including phenoxy) is 1. The molecule has 28 heavy (non-hydrogen) atoms. The van der Waals surface area contributed by atoms with Gasteiger partial charge in [-0.15, -0.1) is 0 Å². The van der Waals surface area contributed by atoms with E-state index in [2.05, 4.69) is 9.97 Å². The summed E-state index contributed by atoms with van der Waals surface area (Å²) >= 11 is 0. The molecule has 140 valence electrons. The van der Waals surface area contributed by atoms with Gasteiger partial charge in [0.05, 0.1) is 30.3 Å². The van der Waals surface area contributed by atoms with Crippen molar-refractivity contribution in [1.29, 1.82) is 5.26 Å². The molecular formula is C20H17N5O3. The van der Waals surface area contributed by atoms with E-state index in [1.54, 1.807) is 41.4 Å². The van der Waals surface area contributed by atoms with Crippen molar-refractivity contribution in [3.05, 3.63) is 64.8 Å². The largest absolute Gasteiger partial charge is 0.470 e. The molecule has 0 spiro atoms. The van der Waals surface area contributed by atoms with E-state index in [0.717, 1.165) is 0 Å². The number of hydrogen-bond donors (Lipinski definition) is 0. The number of rotatable bonds is 5. The van der Waals surface area contributed by atoms with Crippen LogP contribution in [-0.4, -0.2) is 44.5 Å². The van der Waals surface area contributed by atoms with Crippen LogP contribution < -0.4 is 10.3 Å². The molecule has 0 aliphatic carbocycles. The van der Waals surface area contributed by atoms with Crippen molar-refractivity contribution in [2.45, 2.75) is 19.1 Å². The van der Waals surface area contributed by atoms with E-state index in [0.29, 0.717) is 29.6 Å². The number of para-hydroxylation sites is 1. The molecule has 4 rings (SSSR count). The van der Waals surface area contributed by atoms with Crippen LogP contribution in [0.4, 0.5) is 0 Å². The third-order valence-corrected chi connectivity index (χ3v) is 4.67. The number of pyridine rings is 1. The van der Waals surface area contributed by atoms with Crippen molar-refractivity contribution in [3.63, 3.8) is 0 Å². The lowest BCUT2D eigenvalue weighted by molar-refractivity contribution is -0.140. The molecule has 3 heterocycles. The number of carbonyl (C=O) groups excluding carboxylic acids is 1. The summed E-state index contributed by atoms with van der Waals surface area (Å²) in [5.74, 6) is 0.234. The number of aryl methyl sites for hydroxylation is 1. The average molecular weight is 375 g/mol. The fourth-order valence-electron chi connectivity index (χ4n) is 3.08. The Bertz CT molecular complexity index is 1130. The van der Waals surface area contributed by atoms with Gasteiger partial charge in [0.2, 0.25) is 11.8 Å². The van der Waals surface area contributed by atoms with Crippen molar-refractivity contribution < 1.29 is 9.53 Å². The van der Waals surface area contributed by atoms with Gasteiger partial charge >= 0.3 is 0 Å². The number of nitrogens with zero attached hydrogens (tertiary/aromatic N) is 5. The topological polar surface area (TPSA) is 101 Å². The molecule has 0 N–H and O–H groups in total. The monoisotopic (exact) mass is 375 g/mol. The predicted molar refractivity (Wildman–Crippen MR) is 101 cm³/mol. The van der Waals surface area contributed by atoms with Crippen LogP contribution in [0.1, 0.15) is 12.0 Å². The summed E-state index contributed by atoms with van der Waals surface area (Å²) in [7, 11) is 0. The van der Waals surface area contributed by atoms with Gasteiger partial charge in [0.1, 0.15) is 17.7 Å². The fraction of sp³-hybridized carbons (Fsp3) is 0.250. The molecule has 8 heteroatoms. The Hall–Kier alpha value is -3.73. The van der Waals surface area contributed by atoms with Crippen LogP contribution >= 0.6 is 0 Å². The van der Waals surface area contributed by atoms with E-state index in [1.165, 1.54) is 10.9 Å². The first-order valence-electron chi connectivity index (χ1n) is 8.89. The van der Waals surface area contributed by atoms with Gasteiger partial charge in [-0.1, -0.05) is 12.1 Å². The lowest BCUT2D eigenvalue weighted by Gasteiger charge is -2.38. The van der Waals surface area contributed by atoms with Gasteiger partial charge in [0, 0.05) is 19.2 Å². The lowest BCUT2D eigenvalue weighted by Crippen LogP contribution is -2.56. The number of aromatic nitrogens is 3. The van der Waals surface area contributed by atoms with Crippen LogP contribution in [0, 0.1) is 11.3 Å². The van der Waals surface area contributed by atoms with Crippen molar-refractivity contribution in [2.24, 2.45) is 0 Å². The zero-order valence-electron chi connectivity index (χ0n) is 15.0. The van der Waals surface area contributed by atoms with E-state index in [1.807, 2.05) is 12.1 Å². The number of carbonyl (C=O) groups is 1. The molecule has 0 saturated carbocycles. The molecule has 8 nitrogen and oxygen atoms in total. The van der Waals surface area contributed by atoms with Crippen molar-refractivity contribution in [3.8, 4) is 11.9 Å². The van der Waals surface area contributed by atoms with E-state index < -0.39 is 0 Å². The molecule has 1 aliphatic heterocycles. The minimum absolute atomic E-state index is 0.0542. The van der Waals surface area contributed by atoms with Gasteiger partial charge in [-0.2, -0.15) is 5.26 Å². The third-order valence-electron chi connectivity index (χ3n) is 4.67. The smallest absolute Gasteiger partial charge is 0.261 e. The highest BCUT2D eigenvalue weighted by Gasteiger charge is 2.32. The van der Waals surface area contributed by atoms with Crippen LogP contribution in [0.15, 0.2) is 53.7 Å². The zero-order chi connectivity index (χ0) is 19.5. The van der Waals surface area contributed by atoms with E-state index in [9.17, 15) is 9.59 Å². The molecule has 0 unspecified atom stereocenters. The maximum atomic E-state index is 12.5. The van der Waals surface area contributed by atoms with Gasteiger partial charge in [0.15, 0.2) is 0 Å². The van der Waals surface area contributed by atoms with Crippen LogP contribution in [0.25, 0.3) is 10.9 Å². The first kappa shape index (κ1) is 17.7. The van der Waals surface area contributed by atoms with E-state index >= 15 is 0 Å². The van der Waals surface area contributed by atoms with Gasteiger partial charge in [-0.05, 0) is 24.3 Å². The van der Waals surface area contributed by atoms with Crippen LogP contribution in [-0.2, 0) is 11.3 Å². The Morgan fingerprint density at radius 3 is 2.86 bits per heavy atom. The molecule has 1 saturated heterocycles. The molecule has 1 aromatic carbocycles.